The van der Waals surface area contributed by atoms with Crippen molar-refractivity contribution in [3.8, 4) is 0 Å². The zero-order chi connectivity index (χ0) is 11.9. The van der Waals surface area contributed by atoms with E-state index >= 15 is 0 Å². The predicted molar refractivity (Wildman–Crippen MR) is 68.5 cm³/mol. The van der Waals surface area contributed by atoms with E-state index in [2.05, 4.69) is 34.5 Å². The normalized spacial score (nSPS) is 20.7. The molecule has 1 heterocycles. The van der Waals surface area contributed by atoms with Crippen LogP contribution < -0.4 is 11.1 Å². The lowest BCUT2D eigenvalue weighted by Crippen LogP contribution is -2.50. The fourth-order valence-electron chi connectivity index (χ4n) is 2.09. The molecule has 0 saturated carbocycles. The van der Waals surface area contributed by atoms with Crippen LogP contribution in [0.4, 0.5) is 0 Å². The SMILES string of the molecule is NCCN(Cc1ccccc1)C1CNCCO1. The van der Waals surface area contributed by atoms with Gasteiger partial charge in [-0.25, -0.2) is 0 Å². The van der Waals surface area contributed by atoms with Crippen molar-refractivity contribution in [2.75, 3.05) is 32.8 Å². The average molecular weight is 235 g/mol. The number of hydrogen-bond donors (Lipinski definition) is 2. The van der Waals surface area contributed by atoms with E-state index in [1.165, 1.54) is 5.56 Å². The molecule has 1 aliphatic rings. The van der Waals surface area contributed by atoms with Crippen molar-refractivity contribution in [2.24, 2.45) is 5.73 Å². The summed E-state index contributed by atoms with van der Waals surface area (Å²) in [5.41, 5.74) is 6.97. The highest BCUT2D eigenvalue weighted by Crippen LogP contribution is 2.10. The molecule has 0 amide bonds. The van der Waals surface area contributed by atoms with Crippen LogP contribution in [0.5, 0.6) is 0 Å². The van der Waals surface area contributed by atoms with Crippen molar-refractivity contribution in [3.05, 3.63) is 35.9 Å². The first-order chi connectivity index (χ1) is 8.40. The molecule has 1 aliphatic heterocycles. The van der Waals surface area contributed by atoms with Crippen molar-refractivity contribution in [3.63, 3.8) is 0 Å². The number of morpholine rings is 1. The molecule has 1 atom stereocenters. The molecule has 4 nitrogen and oxygen atoms in total. The average Bonchev–Trinajstić information content (AvgIpc) is 2.40. The highest BCUT2D eigenvalue weighted by atomic mass is 16.5. The number of hydrogen-bond acceptors (Lipinski definition) is 4. The zero-order valence-electron chi connectivity index (χ0n) is 10.1. The topological polar surface area (TPSA) is 50.5 Å². The Hall–Kier alpha value is -0.940. The van der Waals surface area contributed by atoms with Crippen molar-refractivity contribution in [1.82, 2.24) is 10.2 Å². The molecule has 3 N–H and O–H groups in total. The Kier molecular flexibility index (Phi) is 4.94. The minimum absolute atomic E-state index is 0.146. The van der Waals surface area contributed by atoms with E-state index < -0.39 is 0 Å². The number of ether oxygens (including phenoxy) is 1. The summed E-state index contributed by atoms with van der Waals surface area (Å²) in [6.07, 6.45) is 0.146. The number of nitrogens with two attached hydrogens (primary N) is 1. The van der Waals surface area contributed by atoms with Crippen LogP contribution in [-0.2, 0) is 11.3 Å². The van der Waals surface area contributed by atoms with Crippen LogP contribution in [0.3, 0.4) is 0 Å². The molecule has 0 radical (unpaired) electrons. The molecule has 4 heteroatoms. The summed E-state index contributed by atoms with van der Waals surface area (Å²) in [5.74, 6) is 0. The lowest BCUT2D eigenvalue weighted by atomic mass is 10.2. The molecule has 17 heavy (non-hydrogen) atoms. The first-order valence-corrected chi connectivity index (χ1v) is 6.20. The largest absolute Gasteiger partial charge is 0.360 e. The number of benzene rings is 1. The van der Waals surface area contributed by atoms with E-state index in [1.54, 1.807) is 0 Å². The Morgan fingerprint density at radius 1 is 1.35 bits per heavy atom. The molecule has 0 spiro atoms. The predicted octanol–water partition coefficient (Wildman–Crippen LogP) is 0.393. The van der Waals surface area contributed by atoms with Gasteiger partial charge in [0.2, 0.25) is 0 Å². The third-order valence-corrected chi connectivity index (χ3v) is 2.96. The van der Waals surface area contributed by atoms with Crippen molar-refractivity contribution < 1.29 is 4.74 Å². The van der Waals surface area contributed by atoms with Crippen LogP contribution in [0, 0.1) is 0 Å². The van der Waals surface area contributed by atoms with E-state index in [1.807, 2.05) is 6.07 Å². The van der Waals surface area contributed by atoms with E-state index in [-0.39, 0.29) is 6.23 Å². The fraction of sp³-hybridized carbons (Fsp3) is 0.538. The van der Waals surface area contributed by atoms with Gasteiger partial charge < -0.3 is 15.8 Å². The van der Waals surface area contributed by atoms with Crippen molar-refractivity contribution in [2.45, 2.75) is 12.8 Å². The molecular weight excluding hydrogens is 214 g/mol. The van der Waals surface area contributed by atoms with E-state index in [9.17, 15) is 0 Å². The standard InChI is InChI=1S/C13H21N3O/c14-6-8-16(13-10-15-7-9-17-13)11-12-4-2-1-3-5-12/h1-5,13,15H,6-11,14H2. The molecule has 0 aliphatic carbocycles. The second kappa shape index (κ2) is 6.71. The van der Waals surface area contributed by atoms with Crippen LogP contribution in [-0.4, -0.2) is 43.9 Å². The summed E-state index contributed by atoms with van der Waals surface area (Å²) < 4.78 is 5.77. The maximum atomic E-state index is 5.77. The van der Waals surface area contributed by atoms with Gasteiger partial charge in [-0.15, -0.1) is 0 Å². The number of nitrogens with one attached hydrogen (secondary N) is 1. The first-order valence-electron chi connectivity index (χ1n) is 6.20. The Morgan fingerprint density at radius 2 is 2.18 bits per heavy atom. The Morgan fingerprint density at radius 3 is 2.82 bits per heavy atom. The van der Waals surface area contributed by atoms with Gasteiger partial charge in [0, 0.05) is 32.7 Å². The number of rotatable bonds is 5. The second-order valence-electron chi connectivity index (χ2n) is 4.27. The van der Waals surface area contributed by atoms with Gasteiger partial charge in [-0.1, -0.05) is 30.3 Å². The summed E-state index contributed by atoms with van der Waals surface area (Å²) >= 11 is 0. The molecule has 0 bridgehead atoms. The summed E-state index contributed by atoms with van der Waals surface area (Å²) in [7, 11) is 0. The van der Waals surface area contributed by atoms with Crippen LogP contribution in [0.25, 0.3) is 0 Å². The summed E-state index contributed by atoms with van der Waals surface area (Å²) in [6.45, 7) is 5.02. The molecule has 1 fully saturated rings. The Bertz CT molecular complexity index is 312. The molecule has 0 aromatic heterocycles. The monoisotopic (exact) mass is 235 g/mol. The van der Waals surface area contributed by atoms with Gasteiger partial charge in [-0.2, -0.15) is 0 Å². The maximum Gasteiger partial charge on any atom is 0.123 e. The molecule has 1 aromatic carbocycles. The number of nitrogens with zero attached hydrogens (tertiary/aromatic N) is 1. The summed E-state index contributed by atoms with van der Waals surface area (Å²) in [6, 6.07) is 10.4. The second-order valence-corrected chi connectivity index (χ2v) is 4.27. The van der Waals surface area contributed by atoms with Gasteiger partial charge in [-0.3, -0.25) is 4.90 Å². The quantitative estimate of drug-likeness (QED) is 0.775. The van der Waals surface area contributed by atoms with E-state index in [0.717, 1.165) is 32.8 Å². The minimum atomic E-state index is 0.146. The molecule has 94 valence electrons. The third-order valence-electron chi connectivity index (χ3n) is 2.96. The van der Waals surface area contributed by atoms with Crippen molar-refractivity contribution in [1.29, 1.82) is 0 Å². The van der Waals surface area contributed by atoms with Gasteiger partial charge >= 0.3 is 0 Å². The molecule has 1 unspecified atom stereocenters. The minimum Gasteiger partial charge on any atom is -0.360 e. The Balaban J connectivity index is 1.96. The molecule has 1 aromatic rings. The fourth-order valence-corrected chi connectivity index (χ4v) is 2.09. The highest BCUT2D eigenvalue weighted by Gasteiger charge is 2.20. The molecule has 1 saturated heterocycles. The molecule has 2 rings (SSSR count). The van der Waals surface area contributed by atoms with Gasteiger partial charge in [0.1, 0.15) is 6.23 Å². The third kappa shape index (κ3) is 3.78. The van der Waals surface area contributed by atoms with E-state index in [4.69, 9.17) is 10.5 Å². The Labute approximate surface area is 103 Å². The van der Waals surface area contributed by atoms with E-state index in [0.29, 0.717) is 6.54 Å². The maximum absolute atomic E-state index is 5.77. The van der Waals surface area contributed by atoms with Gasteiger partial charge in [0.25, 0.3) is 0 Å². The van der Waals surface area contributed by atoms with Crippen LogP contribution >= 0.6 is 0 Å². The lowest BCUT2D eigenvalue weighted by Gasteiger charge is -2.34. The summed E-state index contributed by atoms with van der Waals surface area (Å²) in [5, 5.41) is 3.35. The van der Waals surface area contributed by atoms with Gasteiger partial charge in [0.05, 0.1) is 6.61 Å². The zero-order valence-corrected chi connectivity index (χ0v) is 10.1. The van der Waals surface area contributed by atoms with Crippen LogP contribution in [0.2, 0.25) is 0 Å². The van der Waals surface area contributed by atoms with Gasteiger partial charge in [-0.05, 0) is 5.56 Å². The highest BCUT2D eigenvalue weighted by molar-refractivity contribution is 5.14. The van der Waals surface area contributed by atoms with Crippen LogP contribution in [0.15, 0.2) is 30.3 Å². The smallest absolute Gasteiger partial charge is 0.123 e. The lowest BCUT2D eigenvalue weighted by molar-refractivity contribution is -0.0779. The molecular formula is C13H21N3O. The van der Waals surface area contributed by atoms with Crippen LogP contribution in [0.1, 0.15) is 5.56 Å². The van der Waals surface area contributed by atoms with Gasteiger partial charge in [0.15, 0.2) is 0 Å². The first kappa shape index (κ1) is 12.5. The van der Waals surface area contributed by atoms with Crippen molar-refractivity contribution >= 4 is 0 Å². The summed E-state index contributed by atoms with van der Waals surface area (Å²) in [4.78, 5) is 2.29.